The van der Waals surface area contributed by atoms with Gasteiger partial charge in [-0.25, -0.2) is 9.79 Å². The molecule has 0 spiro atoms. The Morgan fingerprint density at radius 2 is 2.09 bits per heavy atom. The number of carbonyl (C=O) groups excluding carboxylic acids is 1. The molecular formula is C16H11I2NO3S. The van der Waals surface area contributed by atoms with Crippen molar-refractivity contribution in [2.75, 3.05) is 6.61 Å². The zero-order valence-corrected chi connectivity index (χ0v) is 17.1. The van der Waals surface area contributed by atoms with Crippen LogP contribution in [0.2, 0.25) is 0 Å². The number of nitrogens with zero attached hydrogens (tertiary/aromatic N) is 1. The van der Waals surface area contributed by atoms with E-state index in [-0.39, 0.29) is 0 Å². The molecule has 1 aromatic heterocycles. The minimum atomic E-state index is -0.424. The SMILES string of the molecule is CCOc1c(I)cc(/C=C2\N=C(c3cccs3)OC2=O)cc1I. The van der Waals surface area contributed by atoms with E-state index in [1.807, 2.05) is 36.6 Å². The molecule has 0 unspecified atom stereocenters. The Balaban J connectivity index is 1.94. The summed E-state index contributed by atoms with van der Waals surface area (Å²) in [7, 11) is 0. The fourth-order valence-electron chi connectivity index (χ4n) is 2.02. The van der Waals surface area contributed by atoms with E-state index < -0.39 is 5.97 Å². The van der Waals surface area contributed by atoms with Crippen molar-refractivity contribution < 1.29 is 14.3 Å². The van der Waals surface area contributed by atoms with E-state index in [1.54, 1.807) is 6.08 Å². The zero-order valence-electron chi connectivity index (χ0n) is 12.0. The molecule has 1 aromatic carbocycles. The van der Waals surface area contributed by atoms with Crippen molar-refractivity contribution >= 4 is 74.5 Å². The summed E-state index contributed by atoms with van der Waals surface area (Å²) in [5.74, 6) is 0.812. The highest BCUT2D eigenvalue weighted by Gasteiger charge is 2.24. The number of cyclic esters (lactones) is 1. The molecule has 0 saturated carbocycles. The Hall–Kier alpha value is -0.940. The number of esters is 1. The molecule has 0 aliphatic carbocycles. The van der Waals surface area contributed by atoms with Crippen molar-refractivity contribution in [1.29, 1.82) is 0 Å². The average Bonchev–Trinajstić information content (AvgIpc) is 3.13. The van der Waals surface area contributed by atoms with Gasteiger partial charge in [0, 0.05) is 0 Å². The van der Waals surface area contributed by atoms with E-state index in [0.717, 1.165) is 23.3 Å². The molecule has 3 rings (SSSR count). The third kappa shape index (κ3) is 3.77. The van der Waals surface area contributed by atoms with Crippen LogP contribution in [0, 0.1) is 7.14 Å². The molecule has 0 saturated heterocycles. The van der Waals surface area contributed by atoms with Gasteiger partial charge in [0.05, 0.1) is 18.6 Å². The largest absolute Gasteiger partial charge is 0.492 e. The molecular weight excluding hydrogens is 540 g/mol. The van der Waals surface area contributed by atoms with Crippen LogP contribution in [-0.4, -0.2) is 18.5 Å². The molecule has 0 bridgehead atoms. The van der Waals surface area contributed by atoms with Gasteiger partial charge in [0.25, 0.3) is 0 Å². The maximum atomic E-state index is 12.0. The first-order valence-corrected chi connectivity index (χ1v) is 9.80. The Morgan fingerprint density at radius 3 is 2.70 bits per heavy atom. The molecule has 0 atom stereocenters. The molecule has 0 radical (unpaired) electrons. The van der Waals surface area contributed by atoms with Gasteiger partial charge in [-0.3, -0.25) is 0 Å². The second-order valence-electron chi connectivity index (χ2n) is 4.56. The second kappa shape index (κ2) is 7.31. The van der Waals surface area contributed by atoms with Crippen molar-refractivity contribution in [3.05, 3.63) is 52.9 Å². The van der Waals surface area contributed by atoms with Gasteiger partial charge in [0.15, 0.2) is 5.70 Å². The highest BCUT2D eigenvalue weighted by molar-refractivity contribution is 14.1. The lowest BCUT2D eigenvalue weighted by Gasteiger charge is -2.09. The first-order chi connectivity index (χ1) is 11.1. The Bertz CT molecular complexity index is 790. The minimum Gasteiger partial charge on any atom is -0.492 e. The van der Waals surface area contributed by atoms with E-state index >= 15 is 0 Å². The smallest absolute Gasteiger partial charge is 0.363 e. The normalized spacial score (nSPS) is 15.7. The Labute approximate surface area is 164 Å². The number of carbonyl (C=O) groups is 1. The number of hydrogen-bond acceptors (Lipinski definition) is 5. The maximum absolute atomic E-state index is 12.0. The Kier molecular flexibility index (Phi) is 5.37. The van der Waals surface area contributed by atoms with Crippen LogP contribution in [0.1, 0.15) is 17.4 Å². The highest BCUT2D eigenvalue weighted by Crippen LogP contribution is 2.30. The molecule has 2 aromatic rings. The summed E-state index contributed by atoms with van der Waals surface area (Å²) in [5, 5.41) is 1.92. The monoisotopic (exact) mass is 551 g/mol. The van der Waals surface area contributed by atoms with E-state index in [0.29, 0.717) is 18.2 Å². The molecule has 7 heteroatoms. The number of halogens is 2. The number of benzene rings is 1. The number of thiophene rings is 1. The summed E-state index contributed by atoms with van der Waals surface area (Å²) in [6.07, 6.45) is 1.74. The summed E-state index contributed by atoms with van der Waals surface area (Å²) in [6, 6.07) is 7.71. The molecule has 4 nitrogen and oxygen atoms in total. The lowest BCUT2D eigenvalue weighted by Crippen LogP contribution is -2.03. The molecule has 0 amide bonds. The molecule has 2 heterocycles. The fraction of sp³-hybridized carbons (Fsp3) is 0.125. The van der Waals surface area contributed by atoms with Crippen molar-refractivity contribution in [2.45, 2.75) is 6.92 Å². The van der Waals surface area contributed by atoms with E-state index in [2.05, 4.69) is 50.2 Å². The van der Waals surface area contributed by atoms with Crippen LogP contribution in [0.3, 0.4) is 0 Å². The summed E-state index contributed by atoms with van der Waals surface area (Å²) in [4.78, 5) is 17.1. The van der Waals surface area contributed by atoms with Gasteiger partial charge in [-0.05, 0) is 87.3 Å². The van der Waals surface area contributed by atoms with Crippen LogP contribution in [0.25, 0.3) is 6.08 Å². The standard InChI is InChI=1S/C16H11I2NO3S/c1-2-21-14-10(17)6-9(7-11(14)18)8-12-16(20)22-15(19-12)13-4-3-5-23-13/h3-8H,2H2,1H3/b12-8-. The van der Waals surface area contributed by atoms with Crippen molar-refractivity contribution in [2.24, 2.45) is 4.99 Å². The first kappa shape index (κ1) is 16.9. The number of ether oxygens (including phenoxy) is 2. The van der Waals surface area contributed by atoms with Crippen molar-refractivity contribution in [3.8, 4) is 5.75 Å². The minimum absolute atomic E-state index is 0.309. The van der Waals surface area contributed by atoms with Gasteiger partial charge in [-0.2, -0.15) is 0 Å². The molecule has 23 heavy (non-hydrogen) atoms. The second-order valence-corrected chi connectivity index (χ2v) is 7.83. The third-order valence-electron chi connectivity index (χ3n) is 2.97. The summed E-state index contributed by atoms with van der Waals surface area (Å²) < 4.78 is 12.9. The van der Waals surface area contributed by atoms with Gasteiger partial charge in [0.1, 0.15) is 5.75 Å². The number of rotatable bonds is 4. The molecule has 0 N–H and O–H groups in total. The lowest BCUT2D eigenvalue weighted by molar-refractivity contribution is -0.129. The van der Waals surface area contributed by atoms with Crippen LogP contribution in [0.5, 0.6) is 5.75 Å². The molecule has 118 valence electrons. The predicted octanol–water partition coefficient (Wildman–Crippen LogP) is 4.70. The topological polar surface area (TPSA) is 47.9 Å². The molecule has 1 aliphatic rings. The van der Waals surface area contributed by atoms with Crippen LogP contribution in [-0.2, 0) is 9.53 Å². The fourth-order valence-corrected chi connectivity index (χ4v) is 4.79. The third-order valence-corrected chi connectivity index (χ3v) is 5.43. The van der Waals surface area contributed by atoms with Gasteiger partial charge in [-0.1, -0.05) is 6.07 Å². The van der Waals surface area contributed by atoms with Crippen LogP contribution < -0.4 is 4.74 Å². The van der Waals surface area contributed by atoms with Crippen LogP contribution in [0.4, 0.5) is 0 Å². The van der Waals surface area contributed by atoms with E-state index in [4.69, 9.17) is 9.47 Å². The van der Waals surface area contributed by atoms with Gasteiger partial charge in [0.2, 0.25) is 5.90 Å². The molecule has 0 fully saturated rings. The number of hydrogen-bond donors (Lipinski definition) is 0. The first-order valence-electron chi connectivity index (χ1n) is 6.76. The summed E-state index contributed by atoms with van der Waals surface area (Å²) >= 11 is 5.95. The van der Waals surface area contributed by atoms with Crippen molar-refractivity contribution in [3.63, 3.8) is 0 Å². The molecule has 1 aliphatic heterocycles. The van der Waals surface area contributed by atoms with Crippen molar-refractivity contribution in [1.82, 2.24) is 0 Å². The summed E-state index contributed by atoms with van der Waals surface area (Å²) in [5.41, 5.74) is 1.20. The van der Waals surface area contributed by atoms with E-state index in [9.17, 15) is 4.79 Å². The predicted molar refractivity (Wildman–Crippen MR) is 108 cm³/mol. The zero-order chi connectivity index (χ0) is 16.4. The van der Waals surface area contributed by atoms with Gasteiger partial charge in [-0.15, -0.1) is 11.3 Å². The highest BCUT2D eigenvalue weighted by atomic mass is 127. The van der Waals surface area contributed by atoms with Crippen LogP contribution in [0.15, 0.2) is 40.3 Å². The average molecular weight is 551 g/mol. The summed E-state index contributed by atoms with van der Waals surface area (Å²) in [6.45, 7) is 2.57. The Morgan fingerprint density at radius 1 is 1.35 bits per heavy atom. The lowest BCUT2D eigenvalue weighted by atomic mass is 10.2. The van der Waals surface area contributed by atoms with Gasteiger partial charge >= 0.3 is 5.97 Å². The van der Waals surface area contributed by atoms with E-state index in [1.165, 1.54) is 11.3 Å². The quantitative estimate of drug-likeness (QED) is 0.315. The maximum Gasteiger partial charge on any atom is 0.363 e. The van der Waals surface area contributed by atoms with Crippen LogP contribution >= 0.6 is 56.5 Å². The number of aliphatic imine (C=N–C) groups is 1. The van der Waals surface area contributed by atoms with Gasteiger partial charge < -0.3 is 9.47 Å².